The molecular formula is C12H12F2O. The molecule has 0 amide bonds. The van der Waals surface area contributed by atoms with E-state index in [4.69, 9.17) is 0 Å². The Morgan fingerprint density at radius 1 is 0.933 bits per heavy atom. The van der Waals surface area contributed by atoms with Crippen molar-refractivity contribution >= 4 is 0 Å². The minimum Gasteiger partial charge on any atom is -0.512 e. The Morgan fingerprint density at radius 3 is 2.27 bits per heavy atom. The number of rotatable bonds is 1. The van der Waals surface area contributed by atoms with Gasteiger partial charge in [-0.25, -0.2) is 8.78 Å². The summed E-state index contributed by atoms with van der Waals surface area (Å²) in [6.45, 7) is 0. The van der Waals surface area contributed by atoms with E-state index in [1.807, 2.05) is 0 Å². The highest BCUT2D eigenvalue weighted by Gasteiger charge is 2.17. The molecule has 15 heavy (non-hydrogen) atoms. The molecule has 2 rings (SSSR count). The zero-order valence-corrected chi connectivity index (χ0v) is 8.26. The van der Waals surface area contributed by atoms with Gasteiger partial charge in [0, 0.05) is 12.8 Å². The molecule has 0 spiro atoms. The van der Waals surface area contributed by atoms with Crippen molar-refractivity contribution in [3.05, 3.63) is 46.8 Å². The molecule has 1 N–H and O–H groups in total. The van der Waals surface area contributed by atoms with Gasteiger partial charge in [0.25, 0.3) is 0 Å². The van der Waals surface area contributed by atoms with Crippen LogP contribution in [0.3, 0.4) is 0 Å². The first-order chi connectivity index (χ1) is 7.16. The maximum Gasteiger partial charge on any atom is 0.154 e. The molecule has 0 aromatic carbocycles. The second-order valence-corrected chi connectivity index (χ2v) is 3.77. The summed E-state index contributed by atoms with van der Waals surface area (Å²) in [7, 11) is 0. The van der Waals surface area contributed by atoms with Gasteiger partial charge in [-0.05, 0) is 36.1 Å². The van der Waals surface area contributed by atoms with Crippen LogP contribution in [0.25, 0.3) is 0 Å². The third-order valence-electron chi connectivity index (χ3n) is 2.71. The van der Waals surface area contributed by atoms with Crippen molar-refractivity contribution < 1.29 is 13.9 Å². The van der Waals surface area contributed by atoms with Crippen LogP contribution in [0, 0.1) is 0 Å². The van der Waals surface area contributed by atoms with E-state index in [1.165, 1.54) is 6.08 Å². The summed E-state index contributed by atoms with van der Waals surface area (Å²) < 4.78 is 25.8. The summed E-state index contributed by atoms with van der Waals surface area (Å²) in [5.41, 5.74) is 1.84. The van der Waals surface area contributed by atoms with Crippen LogP contribution in [-0.2, 0) is 0 Å². The van der Waals surface area contributed by atoms with E-state index in [1.54, 1.807) is 12.2 Å². The fraction of sp³-hybridized carbons (Fsp3) is 0.333. The van der Waals surface area contributed by atoms with Crippen LogP contribution >= 0.6 is 0 Å². The highest BCUT2D eigenvalue weighted by Crippen LogP contribution is 2.33. The lowest BCUT2D eigenvalue weighted by molar-refractivity contribution is 0.386. The van der Waals surface area contributed by atoms with Gasteiger partial charge in [-0.1, -0.05) is 6.08 Å². The molecule has 0 aromatic heterocycles. The van der Waals surface area contributed by atoms with Gasteiger partial charge in [-0.15, -0.1) is 0 Å². The van der Waals surface area contributed by atoms with Crippen LogP contribution in [0.5, 0.6) is 0 Å². The molecule has 0 atom stereocenters. The zero-order chi connectivity index (χ0) is 10.8. The molecule has 3 heteroatoms. The van der Waals surface area contributed by atoms with Crippen LogP contribution in [0.1, 0.15) is 25.7 Å². The second kappa shape index (κ2) is 4.01. The standard InChI is InChI=1S/C12H12F2O/c13-11-6-3-9(7-12(11)14)8-1-4-10(15)5-2-8/h1,4,7,15H,2-3,5-6H2. The summed E-state index contributed by atoms with van der Waals surface area (Å²) in [4.78, 5) is 0. The number of hydrogen-bond donors (Lipinski definition) is 1. The maximum absolute atomic E-state index is 13.0. The van der Waals surface area contributed by atoms with Gasteiger partial charge >= 0.3 is 0 Å². The average molecular weight is 210 g/mol. The summed E-state index contributed by atoms with van der Waals surface area (Å²) in [5.74, 6) is -1.07. The highest BCUT2D eigenvalue weighted by molar-refractivity contribution is 5.42. The Labute approximate surface area is 87.1 Å². The van der Waals surface area contributed by atoms with E-state index in [9.17, 15) is 13.9 Å². The molecule has 80 valence electrons. The van der Waals surface area contributed by atoms with Crippen LogP contribution in [0.2, 0.25) is 0 Å². The number of aliphatic hydroxyl groups is 1. The monoisotopic (exact) mass is 210 g/mol. The molecule has 2 aliphatic rings. The third-order valence-corrected chi connectivity index (χ3v) is 2.71. The van der Waals surface area contributed by atoms with Crippen molar-refractivity contribution in [2.75, 3.05) is 0 Å². The van der Waals surface area contributed by atoms with Crippen molar-refractivity contribution in [2.45, 2.75) is 25.7 Å². The predicted octanol–water partition coefficient (Wildman–Crippen LogP) is 4.02. The fourth-order valence-electron chi connectivity index (χ4n) is 1.81. The minimum atomic E-state index is -0.754. The number of allylic oxidation sites excluding steroid dienone is 8. The highest BCUT2D eigenvalue weighted by atomic mass is 19.2. The minimum absolute atomic E-state index is 0.144. The molecule has 0 heterocycles. The average Bonchev–Trinajstić information content (AvgIpc) is 2.23. The molecule has 1 nitrogen and oxygen atoms in total. The van der Waals surface area contributed by atoms with Crippen LogP contribution in [0.15, 0.2) is 46.8 Å². The fourth-order valence-corrected chi connectivity index (χ4v) is 1.81. The molecule has 0 unspecified atom stereocenters. The van der Waals surface area contributed by atoms with E-state index in [0.29, 0.717) is 25.0 Å². The first-order valence-corrected chi connectivity index (χ1v) is 5.00. The lowest BCUT2D eigenvalue weighted by Crippen LogP contribution is -2.00. The summed E-state index contributed by atoms with van der Waals surface area (Å²) in [5, 5.41) is 9.17. The Kier molecular flexibility index (Phi) is 2.71. The quantitative estimate of drug-likeness (QED) is 0.693. The number of halogens is 2. The topological polar surface area (TPSA) is 20.2 Å². The van der Waals surface area contributed by atoms with Gasteiger partial charge in [-0.2, -0.15) is 0 Å². The van der Waals surface area contributed by atoms with Crippen molar-refractivity contribution in [2.24, 2.45) is 0 Å². The molecule has 0 radical (unpaired) electrons. The van der Waals surface area contributed by atoms with Crippen molar-refractivity contribution in [3.63, 3.8) is 0 Å². The number of hydrogen-bond acceptors (Lipinski definition) is 1. The lowest BCUT2D eigenvalue weighted by atomic mass is 9.90. The van der Waals surface area contributed by atoms with Crippen molar-refractivity contribution in [1.82, 2.24) is 0 Å². The largest absolute Gasteiger partial charge is 0.512 e. The van der Waals surface area contributed by atoms with Gasteiger partial charge in [-0.3, -0.25) is 0 Å². The summed E-state index contributed by atoms with van der Waals surface area (Å²) in [6, 6.07) is 0. The smallest absolute Gasteiger partial charge is 0.154 e. The first kappa shape index (κ1) is 10.1. The van der Waals surface area contributed by atoms with Gasteiger partial charge < -0.3 is 5.11 Å². The van der Waals surface area contributed by atoms with E-state index in [2.05, 4.69) is 0 Å². The van der Waals surface area contributed by atoms with E-state index in [-0.39, 0.29) is 6.42 Å². The van der Waals surface area contributed by atoms with E-state index >= 15 is 0 Å². The SMILES string of the molecule is OC1=CC=C(C2=CC(F)=C(F)CC2)CC1. The lowest BCUT2D eigenvalue weighted by Gasteiger charge is -2.17. The van der Waals surface area contributed by atoms with Crippen LogP contribution in [-0.4, -0.2) is 5.11 Å². The molecular weight excluding hydrogens is 198 g/mol. The normalized spacial score (nSPS) is 22.1. The predicted molar refractivity (Wildman–Crippen MR) is 54.6 cm³/mol. The molecule has 0 saturated carbocycles. The Morgan fingerprint density at radius 2 is 1.67 bits per heavy atom. The van der Waals surface area contributed by atoms with Crippen molar-refractivity contribution in [1.29, 1.82) is 0 Å². The number of aliphatic hydroxyl groups excluding tert-OH is 1. The molecule has 0 saturated heterocycles. The zero-order valence-electron chi connectivity index (χ0n) is 8.26. The van der Waals surface area contributed by atoms with Crippen LogP contribution in [0.4, 0.5) is 8.78 Å². The van der Waals surface area contributed by atoms with Gasteiger partial charge in [0.15, 0.2) is 5.83 Å². The van der Waals surface area contributed by atoms with Crippen molar-refractivity contribution in [3.8, 4) is 0 Å². The maximum atomic E-state index is 13.0. The van der Waals surface area contributed by atoms with Gasteiger partial charge in [0.2, 0.25) is 0 Å². The second-order valence-electron chi connectivity index (χ2n) is 3.77. The third kappa shape index (κ3) is 2.17. The van der Waals surface area contributed by atoms with E-state index < -0.39 is 11.7 Å². The first-order valence-electron chi connectivity index (χ1n) is 5.00. The van der Waals surface area contributed by atoms with Gasteiger partial charge in [0.1, 0.15) is 5.83 Å². The Balaban J connectivity index is 2.23. The van der Waals surface area contributed by atoms with Crippen LogP contribution < -0.4 is 0 Å². The molecule has 0 aromatic rings. The Hall–Kier alpha value is -1.38. The van der Waals surface area contributed by atoms with E-state index in [0.717, 1.165) is 11.1 Å². The molecule has 0 aliphatic heterocycles. The molecule has 0 bridgehead atoms. The molecule has 2 aliphatic carbocycles. The van der Waals surface area contributed by atoms with Gasteiger partial charge in [0.05, 0.1) is 5.76 Å². The Bertz CT molecular complexity index is 400. The summed E-state index contributed by atoms with van der Waals surface area (Å²) in [6.07, 6.45) is 6.62. The summed E-state index contributed by atoms with van der Waals surface area (Å²) >= 11 is 0. The molecule has 0 fully saturated rings.